The van der Waals surface area contributed by atoms with Gasteiger partial charge in [-0.15, -0.1) is 0 Å². The lowest BCUT2D eigenvalue weighted by molar-refractivity contribution is -0.141. The molecule has 16 heteroatoms. The van der Waals surface area contributed by atoms with Gasteiger partial charge in [0.2, 0.25) is 5.91 Å². The smallest absolute Gasteiger partial charge is 0.323 e. The molecule has 5 rings (SSSR count). The van der Waals surface area contributed by atoms with Crippen molar-refractivity contribution in [1.82, 2.24) is 21.3 Å². The number of halogens is 1. The number of aliphatic hydroxyl groups excluding tert-OH is 3. The van der Waals surface area contributed by atoms with Crippen LogP contribution in [0.5, 0.6) is 5.75 Å². The number of carboxylic acid groups (broad SMARTS) is 1. The quantitative estimate of drug-likeness (QED) is 0.118. The Morgan fingerprint density at radius 2 is 1.80 bits per heavy atom. The second kappa shape index (κ2) is 15.9. The van der Waals surface area contributed by atoms with Crippen LogP contribution >= 0.6 is 15.9 Å². The summed E-state index contributed by atoms with van der Waals surface area (Å²) in [5.74, 6) is -1.81. The van der Waals surface area contributed by atoms with E-state index in [0.717, 1.165) is 5.56 Å². The number of nitrogens with two attached hydrogens (primary N) is 1. The van der Waals surface area contributed by atoms with Crippen LogP contribution in [-0.4, -0.2) is 87.1 Å². The van der Waals surface area contributed by atoms with Crippen LogP contribution in [0.1, 0.15) is 61.3 Å². The second-order valence-electron chi connectivity index (χ2n) is 13.5. The molecule has 2 aliphatic rings. The highest BCUT2D eigenvalue weighted by molar-refractivity contribution is 9.10. The summed E-state index contributed by atoms with van der Waals surface area (Å²) in [5, 5.41) is 66.7. The third-order valence-electron chi connectivity index (χ3n) is 8.46. The monoisotopic (exact) mass is 766 g/mol. The number of phenols is 1. The van der Waals surface area contributed by atoms with Crippen LogP contribution < -0.4 is 32.3 Å². The summed E-state index contributed by atoms with van der Waals surface area (Å²) >= 11 is 3.52. The van der Waals surface area contributed by atoms with Crippen molar-refractivity contribution in [3.05, 3.63) is 87.4 Å². The molecule has 3 aromatic rings. The summed E-state index contributed by atoms with van der Waals surface area (Å²) in [5.41, 5.74) is 9.33. The summed E-state index contributed by atoms with van der Waals surface area (Å²) in [4.78, 5) is 35.0. The number of carboxylic acids is 1. The molecule has 12 N–H and O–H groups in total. The van der Waals surface area contributed by atoms with Gasteiger partial charge in [0, 0.05) is 33.9 Å². The fourth-order valence-electron chi connectivity index (χ4n) is 5.75. The molecular formula is C35H43BrN8O7. The number of nitrogens with zero attached hydrogens (tertiary/aromatic N) is 2. The fourth-order valence-corrected chi connectivity index (χ4v) is 6.26. The van der Waals surface area contributed by atoms with Crippen molar-refractivity contribution in [1.29, 1.82) is 0 Å². The van der Waals surface area contributed by atoms with Gasteiger partial charge in [-0.3, -0.25) is 30.2 Å². The molecule has 272 valence electrons. The standard InChI is InChI=1S/C35H43BrN8O7/c1-35(2,3)19-8-17(9-20(36)12-19)28(30(33(50)51)44-32(49)29-27(37)24-6-4-5-7-25(24)42-29)43-26(47)16-38-31(48)18-10-21(13-22(45)11-18)41-34-39-14-23(46)15-40-34/h4-13,23,27-28,30-32,38,44-46,48-49H,14-16,37H2,1-3H3,(H,43,47)(H,50,51)(H2,39,40,41). The zero-order valence-electron chi connectivity index (χ0n) is 28.3. The number of rotatable bonds is 12. The van der Waals surface area contributed by atoms with Crippen molar-refractivity contribution in [3.63, 3.8) is 0 Å². The molecule has 1 amide bonds. The fraction of sp³-hybridized carbons (Fsp3) is 0.371. The number of para-hydroxylation sites is 1. The van der Waals surface area contributed by atoms with Crippen LogP contribution in [0, 0.1) is 0 Å². The van der Waals surface area contributed by atoms with Gasteiger partial charge in [-0.2, -0.15) is 0 Å². The summed E-state index contributed by atoms with van der Waals surface area (Å²) in [6, 6.07) is 13.2. The Balaban J connectivity index is 1.35. The van der Waals surface area contributed by atoms with Crippen LogP contribution in [0.4, 0.5) is 11.4 Å². The zero-order valence-corrected chi connectivity index (χ0v) is 29.8. The molecule has 0 saturated heterocycles. The van der Waals surface area contributed by atoms with E-state index in [9.17, 15) is 35.1 Å². The number of nitrogens with one attached hydrogen (secondary N) is 5. The number of fused-ring (bicyclic) bond motifs is 1. The van der Waals surface area contributed by atoms with E-state index < -0.39 is 55.1 Å². The lowest BCUT2D eigenvalue weighted by atomic mass is 9.84. The first kappa shape index (κ1) is 37.8. The molecule has 0 bridgehead atoms. The van der Waals surface area contributed by atoms with E-state index >= 15 is 0 Å². The molecular weight excluding hydrogens is 724 g/mol. The normalized spacial score (nSPS) is 19.5. The third-order valence-corrected chi connectivity index (χ3v) is 8.92. The van der Waals surface area contributed by atoms with Gasteiger partial charge in [0.1, 0.15) is 24.2 Å². The topological polar surface area (TPSA) is 246 Å². The van der Waals surface area contributed by atoms with Gasteiger partial charge in [-0.25, -0.2) is 0 Å². The van der Waals surface area contributed by atoms with Gasteiger partial charge >= 0.3 is 5.97 Å². The number of aliphatic imine (C=N–C) groups is 2. The van der Waals surface area contributed by atoms with Crippen LogP contribution in [-0.2, 0) is 15.0 Å². The number of carbonyl (C=O) groups excluding carboxylic acids is 1. The van der Waals surface area contributed by atoms with E-state index in [1.165, 1.54) is 12.1 Å². The summed E-state index contributed by atoms with van der Waals surface area (Å²) in [7, 11) is 0. The molecule has 0 fully saturated rings. The molecule has 51 heavy (non-hydrogen) atoms. The number of carbonyl (C=O) groups is 2. The predicted molar refractivity (Wildman–Crippen MR) is 196 cm³/mol. The Labute approximate surface area is 303 Å². The summed E-state index contributed by atoms with van der Waals surface area (Å²) in [6.45, 7) is 6.03. The Morgan fingerprint density at radius 3 is 2.47 bits per heavy atom. The number of benzene rings is 3. The highest BCUT2D eigenvalue weighted by Gasteiger charge is 2.37. The minimum Gasteiger partial charge on any atom is -0.508 e. The number of anilines is 1. The van der Waals surface area contributed by atoms with Crippen molar-refractivity contribution < 1.29 is 35.1 Å². The molecule has 15 nitrogen and oxygen atoms in total. The van der Waals surface area contributed by atoms with Gasteiger partial charge in [-0.1, -0.05) is 61.0 Å². The first-order valence-corrected chi connectivity index (χ1v) is 17.1. The number of amides is 1. The van der Waals surface area contributed by atoms with Crippen molar-refractivity contribution in [2.24, 2.45) is 15.7 Å². The summed E-state index contributed by atoms with van der Waals surface area (Å²) < 4.78 is 0.652. The Bertz CT molecular complexity index is 1830. The Kier molecular flexibility index (Phi) is 11.8. The van der Waals surface area contributed by atoms with E-state index in [1.807, 2.05) is 26.8 Å². The van der Waals surface area contributed by atoms with E-state index in [2.05, 4.69) is 52.5 Å². The van der Waals surface area contributed by atoms with Crippen LogP contribution in [0.15, 0.2) is 75.1 Å². The Hall–Kier alpha value is -4.42. The highest BCUT2D eigenvalue weighted by Crippen LogP contribution is 2.34. The van der Waals surface area contributed by atoms with Crippen LogP contribution in [0.2, 0.25) is 0 Å². The minimum atomic E-state index is -1.57. The van der Waals surface area contributed by atoms with E-state index in [-0.39, 0.29) is 29.0 Å². The van der Waals surface area contributed by atoms with Gasteiger partial charge in [0.25, 0.3) is 0 Å². The molecule has 2 heterocycles. The molecule has 2 aliphatic heterocycles. The minimum absolute atomic E-state index is 0.130. The third kappa shape index (κ3) is 9.48. The number of hydrogen-bond donors (Lipinski definition) is 11. The van der Waals surface area contributed by atoms with Crippen molar-refractivity contribution in [3.8, 4) is 5.75 Å². The average Bonchev–Trinajstić information content (AvgIpc) is 3.41. The van der Waals surface area contributed by atoms with Crippen molar-refractivity contribution in [2.75, 3.05) is 25.0 Å². The maximum Gasteiger partial charge on any atom is 0.323 e. The molecule has 0 aromatic heterocycles. The zero-order chi connectivity index (χ0) is 37.0. The van der Waals surface area contributed by atoms with Gasteiger partial charge < -0.3 is 47.2 Å². The maximum absolute atomic E-state index is 13.5. The number of aliphatic hydroxyl groups is 3. The number of aromatic hydroxyl groups is 1. The van der Waals surface area contributed by atoms with Crippen molar-refractivity contribution >= 4 is 50.9 Å². The van der Waals surface area contributed by atoms with E-state index in [0.29, 0.717) is 39.5 Å². The number of hydrogen-bond acceptors (Lipinski definition) is 13. The first-order chi connectivity index (χ1) is 24.1. The van der Waals surface area contributed by atoms with Gasteiger partial charge in [-0.05, 0) is 46.9 Å². The van der Waals surface area contributed by atoms with E-state index in [1.54, 1.807) is 42.5 Å². The number of guanidine groups is 1. The first-order valence-electron chi connectivity index (χ1n) is 16.3. The van der Waals surface area contributed by atoms with Gasteiger partial charge in [0.05, 0.1) is 42.7 Å². The molecule has 0 saturated carbocycles. The number of aliphatic carboxylic acids is 1. The average molecular weight is 768 g/mol. The molecule has 6 atom stereocenters. The lowest BCUT2D eigenvalue weighted by Crippen LogP contribution is -2.55. The molecule has 6 unspecified atom stereocenters. The summed E-state index contributed by atoms with van der Waals surface area (Å²) in [6.07, 6.45) is -3.60. The molecule has 0 aliphatic carbocycles. The van der Waals surface area contributed by atoms with E-state index in [4.69, 9.17) is 5.73 Å². The largest absolute Gasteiger partial charge is 0.508 e. The Morgan fingerprint density at radius 1 is 1.06 bits per heavy atom. The highest BCUT2D eigenvalue weighted by atomic mass is 79.9. The maximum atomic E-state index is 13.5. The molecule has 3 aromatic carbocycles. The second-order valence-corrected chi connectivity index (χ2v) is 14.4. The van der Waals surface area contributed by atoms with Crippen molar-refractivity contribution in [2.45, 2.75) is 62.9 Å². The number of phenolic OH excluding ortho intramolecular Hbond substituents is 1. The predicted octanol–water partition coefficient (Wildman–Crippen LogP) is 1.77. The van der Waals surface area contributed by atoms with Gasteiger partial charge in [0.15, 0.2) is 5.96 Å². The molecule has 0 spiro atoms. The van der Waals surface area contributed by atoms with Crippen LogP contribution in [0.3, 0.4) is 0 Å². The molecule has 0 radical (unpaired) electrons. The SMILES string of the molecule is CC(C)(C)c1cc(Br)cc(C(NC(=O)CNC(O)c2cc(O)cc(NC3=NCC(O)CN3)c2)C(NC(O)C2=Nc3ccccc3C2N)C(=O)O)c1. The number of β-amino-alcohol motifs (C(OH)–C–C–N with tert-alkyl or cyclic N) is 1. The van der Waals surface area contributed by atoms with Crippen LogP contribution in [0.25, 0.3) is 0 Å². The lowest BCUT2D eigenvalue weighted by Gasteiger charge is -2.30.